The molecule has 1 unspecified atom stereocenters. The number of fused-ring (bicyclic) bond motifs is 1. The van der Waals surface area contributed by atoms with Crippen LogP contribution in [0.3, 0.4) is 0 Å². The monoisotopic (exact) mass is 263 g/mol. The van der Waals surface area contributed by atoms with Crippen molar-refractivity contribution in [3.8, 4) is 0 Å². The van der Waals surface area contributed by atoms with E-state index in [9.17, 15) is 4.79 Å². The van der Waals surface area contributed by atoms with Crippen LogP contribution < -0.4 is 4.90 Å². The van der Waals surface area contributed by atoms with Crippen LogP contribution in [0.2, 0.25) is 0 Å². The highest BCUT2D eigenvalue weighted by molar-refractivity contribution is 7.16. The van der Waals surface area contributed by atoms with Gasteiger partial charge in [-0.25, -0.2) is 9.97 Å². The molecular formula is C12H13N3O2S. The van der Waals surface area contributed by atoms with Crippen LogP contribution in [-0.2, 0) is 4.79 Å². The minimum atomic E-state index is -0.748. The molecule has 0 saturated carbocycles. The van der Waals surface area contributed by atoms with E-state index in [4.69, 9.17) is 5.11 Å². The molecule has 5 nitrogen and oxygen atoms in total. The van der Waals surface area contributed by atoms with Crippen molar-refractivity contribution in [1.82, 2.24) is 9.97 Å². The predicted molar refractivity (Wildman–Crippen MR) is 70.0 cm³/mol. The standard InChI is InChI=1S/C12H13N3O2S/c16-10(17)6-8-2-1-4-15(8)11-9-3-5-18-12(9)14-7-13-11/h3,5,7-8H,1-2,4,6H2,(H,16,17). The Morgan fingerprint density at radius 3 is 3.28 bits per heavy atom. The van der Waals surface area contributed by atoms with Gasteiger partial charge in [0.25, 0.3) is 0 Å². The van der Waals surface area contributed by atoms with Crippen LogP contribution in [0.5, 0.6) is 0 Å². The molecule has 1 saturated heterocycles. The first kappa shape index (κ1) is 11.4. The lowest BCUT2D eigenvalue weighted by Gasteiger charge is -2.24. The highest BCUT2D eigenvalue weighted by Gasteiger charge is 2.28. The number of carboxylic acids is 1. The molecule has 0 bridgehead atoms. The molecule has 18 heavy (non-hydrogen) atoms. The van der Waals surface area contributed by atoms with Crippen molar-refractivity contribution >= 4 is 33.3 Å². The van der Waals surface area contributed by atoms with Crippen molar-refractivity contribution in [1.29, 1.82) is 0 Å². The summed E-state index contributed by atoms with van der Waals surface area (Å²) in [5.74, 6) is 0.132. The molecule has 0 aliphatic carbocycles. The fourth-order valence-corrected chi connectivity index (χ4v) is 3.26. The van der Waals surface area contributed by atoms with E-state index in [1.165, 1.54) is 0 Å². The number of thiophene rings is 1. The van der Waals surface area contributed by atoms with Crippen LogP contribution in [0, 0.1) is 0 Å². The average Bonchev–Trinajstić information content (AvgIpc) is 2.95. The van der Waals surface area contributed by atoms with Gasteiger partial charge in [-0.05, 0) is 24.3 Å². The van der Waals surface area contributed by atoms with Gasteiger partial charge in [0.2, 0.25) is 0 Å². The van der Waals surface area contributed by atoms with Crippen molar-refractivity contribution in [2.45, 2.75) is 25.3 Å². The zero-order valence-electron chi connectivity index (χ0n) is 9.74. The smallest absolute Gasteiger partial charge is 0.305 e. The molecular weight excluding hydrogens is 250 g/mol. The molecule has 2 aromatic rings. The fourth-order valence-electron chi connectivity index (χ4n) is 2.53. The summed E-state index contributed by atoms with van der Waals surface area (Å²) in [7, 11) is 0. The maximum Gasteiger partial charge on any atom is 0.305 e. The second-order valence-electron chi connectivity index (χ2n) is 4.42. The van der Waals surface area contributed by atoms with Crippen LogP contribution in [0.4, 0.5) is 5.82 Å². The molecule has 0 spiro atoms. The minimum absolute atomic E-state index is 0.0560. The Morgan fingerprint density at radius 1 is 1.56 bits per heavy atom. The van der Waals surface area contributed by atoms with Crippen molar-refractivity contribution < 1.29 is 9.90 Å². The quantitative estimate of drug-likeness (QED) is 0.919. The largest absolute Gasteiger partial charge is 0.481 e. The Labute approximate surface area is 108 Å². The normalized spacial score (nSPS) is 19.6. The summed E-state index contributed by atoms with van der Waals surface area (Å²) < 4.78 is 0. The fraction of sp³-hybridized carbons (Fsp3) is 0.417. The van der Waals surface area contributed by atoms with E-state index in [0.29, 0.717) is 0 Å². The van der Waals surface area contributed by atoms with E-state index >= 15 is 0 Å². The van der Waals surface area contributed by atoms with Gasteiger partial charge in [-0.15, -0.1) is 11.3 Å². The summed E-state index contributed by atoms with van der Waals surface area (Å²) >= 11 is 1.58. The number of anilines is 1. The molecule has 94 valence electrons. The first-order valence-electron chi connectivity index (χ1n) is 5.92. The summed E-state index contributed by atoms with van der Waals surface area (Å²) in [5.41, 5.74) is 0. The molecule has 1 atom stereocenters. The number of nitrogens with zero attached hydrogens (tertiary/aromatic N) is 3. The van der Waals surface area contributed by atoms with Crippen molar-refractivity contribution in [3.63, 3.8) is 0 Å². The van der Waals surface area contributed by atoms with E-state index < -0.39 is 5.97 Å². The van der Waals surface area contributed by atoms with E-state index in [0.717, 1.165) is 35.4 Å². The number of carbonyl (C=O) groups is 1. The van der Waals surface area contributed by atoms with E-state index in [2.05, 4.69) is 14.9 Å². The molecule has 0 radical (unpaired) electrons. The lowest BCUT2D eigenvalue weighted by Crippen LogP contribution is -2.32. The Bertz CT molecular complexity index is 583. The van der Waals surface area contributed by atoms with Gasteiger partial charge < -0.3 is 10.0 Å². The zero-order chi connectivity index (χ0) is 12.5. The first-order chi connectivity index (χ1) is 8.75. The maximum atomic E-state index is 10.9. The van der Waals surface area contributed by atoms with Crippen LogP contribution in [0.25, 0.3) is 10.2 Å². The third kappa shape index (κ3) is 1.92. The van der Waals surface area contributed by atoms with Gasteiger partial charge in [-0.3, -0.25) is 4.79 Å². The van der Waals surface area contributed by atoms with Crippen LogP contribution >= 0.6 is 11.3 Å². The van der Waals surface area contributed by atoms with Crippen LogP contribution in [0.15, 0.2) is 17.8 Å². The summed E-state index contributed by atoms with van der Waals surface area (Å²) in [6.07, 6.45) is 3.68. The number of hydrogen-bond acceptors (Lipinski definition) is 5. The Kier molecular flexibility index (Phi) is 2.87. The second kappa shape index (κ2) is 4.53. The molecule has 6 heteroatoms. The average molecular weight is 263 g/mol. The van der Waals surface area contributed by atoms with Crippen molar-refractivity contribution in [3.05, 3.63) is 17.8 Å². The zero-order valence-corrected chi connectivity index (χ0v) is 10.6. The third-order valence-corrected chi connectivity index (χ3v) is 4.12. The van der Waals surface area contributed by atoms with E-state index in [1.54, 1.807) is 17.7 Å². The first-order valence-corrected chi connectivity index (χ1v) is 6.80. The van der Waals surface area contributed by atoms with Gasteiger partial charge in [0, 0.05) is 12.6 Å². The van der Waals surface area contributed by atoms with Crippen molar-refractivity contribution in [2.75, 3.05) is 11.4 Å². The topological polar surface area (TPSA) is 66.3 Å². The molecule has 0 aromatic carbocycles. The Balaban J connectivity index is 1.98. The molecule has 0 amide bonds. The highest BCUT2D eigenvalue weighted by Crippen LogP contribution is 2.32. The molecule has 2 aromatic heterocycles. The van der Waals surface area contributed by atoms with Crippen LogP contribution in [-0.4, -0.2) is 33.6 Å². The van der Waals surface area contributed by atoms with E-state index in [-0.39, 0.29) is 12.5 Å². The van der Waals surface area contributed by atoms with E-state index in [1.807, 2.05) is 11.4 Å². The third-order valence-electron chi connectivity index (χ3n) is 3.30. The number of carboxylic acid groups (broad SMARTS) is 1. The molecule has 3 rings (SSSR count). The highest BCUT2D eigenvalue weighted by atomic mass is 32.1. The number of aromatic nitrogens is 2. The lowest BCUT2D eigenvalue weighted by atomic mass is 10.1. The molecule has 1 N–H and O–H groups in total. The minimum Gasteiger partial charge on any atom is -0.481 e. The number of rotatable bonds is 3. The predicted octanol–water partition coefficient (Wildman–Crippen LogP) is 2.13. The molecule has 3 heterocycles. The lowest BCUT2D eigenvalue weighted by molar-refractivity contribution is -0.137. The van der Waals surface area contributed by atoms with Gasteiger partial charge in [0.15, 0.2) is 0 Å². The molecule has 1 fully saturated rings. The summed E-state index contributed by atoms with van der Waals surface area (Å²) in [6.45, 7) is 0.875. The van der Waals surface area contributed by atoms with Gasteiger partial charge in [-0.2, -0.15) is 0 Å². The van der Waals surface area contributed by atoms with Gasteiger partial charge in [0.1, 0.15) is 17.0 Å². The maximum absolute atomic E-state index is 10.9. The Morgan fingerprint density at radius 2 is 2.44 bits per heavy atom. The second-order valence-corrected chi connectivity index (χ2v) is 5.32. The summed E-state index contributed by atoms with van der Waals surface area (Å²) in [4.78, 5) is 22.5. The van der Waals surface area contributed by atoms with Gasteiger partial charge in [-0.1, -0.05) is 0 Å². The van der Waals surface area contributed by atoms with Gasteiger partial charge in [0.05, 0.1) is 11.8 Å². The van der Waals surface area contributed by atoms with Crippen molar-refractivity contribution in [2.24, 2.45) is 0 Å². The van der Waals surface area contributed by atoms with Crippen LogP contribution in [0.1, 0.15) is 19.3 Å². The molecule has 1 aliphatic rings. The summed E-state index contributed by atoms with van der Waals surface area (Å²) in [6, 6.07) is 2.06. The number of aliphatic carboxylic acids is 1. The summed E-state index contributed by atoms with van der Waals surface area (Å²) in [5, 5.41) is 12.0. The molecule has 1 aliphatic heterocycles. The SMILES string of the molecule is O=C(O)CC1CCCN1c1ncnc2sccc12. The number of hydrogen-bond donors (Lipinski definition) is 1. The Hall–Kier alpha value is -1.69. The van der Waals surface area contributed by atoms with Gasteiger partial charge >= 0.3 is 5.97 Å².